The Hall–Kier alpha value is -0.913. The van der Waals surface area contributed by atoms with Gasteiger partial charge < -0.3 is 14.2 Å². The largest absolute Gasteiger partial charge is 1.00 e. The van der Waals surface area contributed by atoms with Crippen molar-refractivity contribution < 1.29 is 33.1 Å². The molecule has 4 heteroatoms. The average molecular weight is 188 g/mol. The van der Waals surface area contributed by atoms with Crippen LogP contribution in [0.15, 0.2) is 12.1 Å². The van der Waals surface area contributed by atoms with Gasteiger partial charge in [0.1, 0.15) is 11.5 Å². The fourth-order valence-corrected chi connectivity index (χ4v) is 1.14. The molecular formula is C10H13LiO3. The predicted molar refractivity (Wildman–Crippen MR) is 50.6 cm³/mol. The van der Waals surface area contributed by atoms with Crippen molar-refractivity contribution in [3.05, 3.63) is 24.6 Å². The van der Waals surface area contributed by atoms with E-state index < -0.39 is 0 Å². The van der Waals surface area contributed by atoms with Crippen LogP contribution >= 0.6 is 0 Å². The second-order valence-electron chi connectivity index (χ2n) is 2.53. The molecule has 0 aliphatic carbocycles. The first-order valence-corrected chi connectivity index (χ1v) is 3.85. The van der Waals surface area contributed by atoms with Gasteiger partial charge in [0.2, 0.25) is 0 Å². The van der Waals surface area contributed by atoms with E-state index in [0.29, 0.717) is 17.2 Å². The van der Waals surface area contributed by atoms with Crippen molar-refractivity contribution in [3.8, 4) is 17.2 Å². The van der Waals surface area contributed by atoms with Crippen LogP contribution in [-0.4, -0.2) is 21.3 Å². The van der Waals surface area contributed by atoms with Crippen molar-refractivity contribution >= 4 is 0 Å². The molecule has 0 saturated carbocycles. The van der Waals surface area contributed by atoms with Crippen LogP contribution in [0.4, 0.5) is 0 Å². The summed E-state index contributed by atoms with van der Waals surface area (Å²) in [7, 11) is 4.73. The number of ether oxygens (including phenoxy) is 3. The Labute approximate surface area is 96.5 Å². The van der Waals surface area contributed by atoms with Gasteiger partial charge in [-0.15, -0.1) is 12.1 Å². The van der Waals surface area contributed by atoms with Crippen molar-refractivity contribution in [2.45, 2.75) is 0 Å². The number of methoxy groups -OCH3 is 3. The summed E-state index contributed by atoms with van der Waals surface area (Å²) in [6.07, 6.45) is 0. The van der Waals surface area contributed by atoms with Crippen LogP contribution in [0.2, 0.25) is 0 Å². The van der Waals surface area contributed by atoms with E-state index in [-0.39, 0.29) is 18.9 Å². The summed E-state index contributed by atoms with van der Waals surface area (Å²) in [5, 5.41) is 0. The minimum Gasteiger partial charge on any atom is -0.506 e. The fraction of sp³-hybridized carbons (Fsp3) is 0.300. The third kappa shape index (κ3) is 2.54. The van der Waals surface area contributed by atoms with Crippen LogP contribution in [0.1, 0.15) is 5.56 Å². The molecule has 14 heavy (non-hydrogen) atoms. The first-order chi connectivity index (χ1) is 6.22. The van der Waals surface area contributed by atoms with E-state index in [1.54, 1.807) is 33.5 Å². The molecule has 1 aromatic carbocycles. The minimum absolute atomic E-state index is 0. The van der Waals surface area contributed by atoms with E-state index in [1.165, 1.54) is 0 Å². The fourth-order valence-electron chi connectivity index (χ4n) is 1.14. The van der Waals surface area contributed by atoms with Gasteiger partial charge in [0.15, 0.2) is 5.75 Å². The molecule has 72 valence electrons. The Morgan fingerprint density at radius 1 is 0.929 bits per heavy atom. The SMILES string of the molecule is [CH2-]c1cc(OC)c(OC)c(OC)c1.[Li+]. The molecule has 1 aromatic rings. The average Bonchev–Trinajstić information content (AvgIpc) is 2.16. The molecular weight excluding hydrogens is 175 g/mol. The van der Waals surface area contributed by atoms with E-state index in [9.17, 15) is 0 Å². The normalized spacial score (nSPS) is 8.79. The maximum absolute atomic E-state index is 5.14. The molecule has 0 radical (unpaired) electrons. The Morgan fingerprint density at radius 3 is 1.64 bits per heavy atom. The van der Waals surface area contributed by atoms with Gasteiger partial charge in [0, 0.05) is 0 Å². The summed E-state index contributed by atoms with van der Waals surface area (Å²) in [6, 6.07) is 3.59. The number of hydrogen-bond donors (Lipinski definition) is 0. The molecule has 0 fully saturated rings. The van der Waals surface area contributed by atoms with Gasteiger partial charge in [0.25, 0.3) is 0 Å². The van der Waals surface area contributed by atoms with Gasteiger partial charge >= 0.3 is 18.9 Å². The van der Waals surface area contributed by atoms with Crippen LogP contribution in [0.25, 0.3) is 0 Å². The molecule has 0 N–H and O–H groups in total. The summed E-state index contributed by atoms with van der Waals surface area (Å²) < 4.78 is 15.4. The van der Waals surface area contributed by atoms with Crippen molar-refractivity contribution in [3.63, 3.8) is 0 Å². The zero-order chi connectivity index (χ0) is 9.84. The van der Waals surface area contributed by atoms with Crippen LogP contribution < -0.4 is 33.1 Å². The second kappa shape index (κ2) is 5.74. The van der Waals surface area contributed by atoms with Crippen LogP contribution in [0, 0.1) is 6.92 Å². The maximum Gasteiger partial charge on any atom is 1.00 e. The monoisotopic (exact) mass is 188 g/mol. The molecule has 0 spiro atoms. The van der Waals surface area contributed by atoms with E-state index in [2.05, 4.69) is 6.92 Å². The quantitative estimate of drug-likeness (QED) is 0.445. The van der Waals surface area contributed by atoms with Crippen LogP contribution in [0.3, 0.4) is 0 Å². The smallest absolute Gasteiger partial charge is 0.506 e. The summed E-state index contributed by atoms with van der Waals surface area (Å²) in [5.74, 6) is 1.86. The summed E-state index contributed by atoms with van der Waals surface area (Å²) in [6.45, 7) is 3.80. The predicted octanol–water partition coefficient (Wildman–Crippen LogP) is -1.10. The standard InChI is InChI=1S/C10H13O3.Li/c1-7-5-8(11-2)10(13-4)9(6-7)12-3;/h5-6H,1H2,2-4H3;/q-1;+1. The van der Waals surface area contributed by atoms with Gasteiger partial charge in [-0.3, -0.25) is 0 Å². The molecule has 1 rings (SSSR count). The van der Waals surface area contributed by atoms with Gasteiger partial charge in [0.05, 0.1) is 21.3 Å². The molecule has 0 aliphatic heterocycles. The first kappa shape index (κ1) is 13.1. The summed E-state index contributed by atoms with van der Waals surface area (Å²) in [4.78, 5) is 0. The second-order valence-corrected chi connectivity index (χ2v) is 2.53. The number of hydrogen-bond acceptors (Lipinski definition) is 3. The van der Waals surface area contributed by atoms with E-state index in [4.69, 9.17) is 14.2 Å². The van der Waals surface area contributed by atoms with E-state index in [0.717, 1.165) is 5.56 Å². The zero-order valence-electron chi connectivity index (χ0n) is 9.09. The Kier molecular flexibility index (Phi) is 5.37. The number of benzene rings is 1. The summed E-state index contributed by atoms with van der Waals surface area (Å²) >= 11 is 0. The van der Waals surface area contributed by atoms with Crippen molar-refractivity contribution in [2.24, 2.45) is 0 Å². The third-order valence-electron chi connectivity index (χ3n) is 1.72. The first-order valence-electron chi connectivity index (χ1n) is 3.85. The van der Waals surface area contributed by atoms with Crippen molar-refractivity contribution in [1.82, 2.24) is 0 Å². The van der Waals surface area contributed by atoms with Gasteiger partial charge in [-0.1, -0.05) is 0 Å². The Bertz CT molecular complexity index is 274. The molecule has 0 amide bonds. The molecule has 0 aliphatic rings. The van der Waals surface area contributed by atoms with E-state index in [1.807, 2.05) is 0 Å². The zero-order valence-corrected chi connectivity index (χ0v) is 9.09. The topological polar surface area (TPSA) is 27.7 Å². The maximum atomic E-state index is 5.14. The minimum atomic E-state index is 0. The molecule has 0 unspecified atom stereocenters. The summed E-state index contributed by atoms with van der Waals surface area (Å²) in [5.41, 5.74) is 0.828. The molecule has 0 bridgehead atoms. The number of rotatable bonds is 3. The third-order valence-corrected chi connectivity index (χ3v) is 1.72. The Balaban J connectivity index is 0.00000169. The molecule has 0 aromatic heterocycles. The van der Waals surface area contributed by atoms with Gasteiger partial charge in [-0.25, -0.2) is 0 Å². The van der Waals surface area contributed by atoms with Crippen molar-refractivity contribution in [2.75, 3.05) is 21.3 Å². The molecule has 0 heterocycles. The van der Waals surface area contributed by atoms with Crippen LogP contribution in [-0.2, 0) is 0 Å². The van der Waals surface area contributed by atoms with Gasteiger partial charge in [-0.2, -0.15) is 12.5 Å². The van der Waals surface area contributed by atoms with Crippen molar-refractivity contribution in [1.29, 1.82) is 0 Å². The molecule has 0 atom stereocenters. The van der Waals surface area contributed by atoms with Crippen LogP contribution in [0.5, 0.6) is 17.2 Å². The van der Waals surface area contributed by atoms with E-state index >= 15 is 0 Å². The van der Waals surface area contributed by atoms with Gasteiger partial charge in [-0.05, 0) is 0 Å². The molecule has 0 saturated heterocycles. The molecule has 3 nitrogen and oxygen atoms in total. The Morgan fingerprint density at radius 2 is 1.36 bits per heavy atom.